The van der Waals surface area contributed by atoms with E-state index in [1.165, 1.54) is 56.3 Å². The molecule has 0 unspecified atom stereocenters. The number of rotatable bonds is 0. The summed E-state index contributed by atoms with van der Waals surface area (Å²) in [5, 5.41) is 8.20. The third-order valence-electron chi connectivity index (χ3n) is 5.11. The Hall–Kier alpha value is -2.12. The molecule has 0 bridgehead atoms. The minimum atomic E-state index is 0.193. The summed E-state index contributed by atoms with van der Waals surface area (Å²) in [6.45, 7) is 0. The molecule has 0 amide bonds. The highest BCUT2D eigenvalue weighted by Gasteiger charge is 2.21. The van der Waals surface area contributed by atoms with Crippen molar-refractivity contribution in [3.05, 3.63) is 59.7 Å². The molecule has 0 fully saturated rings. The average molecular weight is 271 g/mol. The number of hydrogen-bond donors (Lipinski definition) is 1. The summed E-state index contributed by atoms with van der Waals surface area (Å²) < 4.78 is 0. The maximum atomic E-state index is 6.44. The average Bonchev–Trinajstić information content (AvgIpc) is 2.52. The van der Waals surface area contributed by atoms with E-state index in [1.54, 1.807) is 0 Å². The van der Waals surface area contributed by atoms with Crippen LogP contribution in [-0.4, -0.2) is 0 Å². The predicted molar refractivity (Wildman–Crippen MR) is 90.0 cm³/mol. The van der Waals surface area contributed by atoms with E-state index in [0.717, 1.165) is 6.42 Å². The van der Waals surface area contributed by atoms with E-state index >= 15 is 0 Å². The number of nitrogens with two attached hydrogens (primary N) is 1. The lowest BCUT2D eigenvalue weighted by Crippen LogP contribution is -2.17. The van der Waals surface area contributed by atoms with Crippen LogP contribution < -0.4 is 5.73 Å². The van der Waals surface area contributed by atoms with Crippen molar-refractivity contribution < 1.29 is 0 Å². The molecule has 4 aromatic carbocycles. The van der Waals surface area contributed by atoms with Crippen LogP contribution in [0.2, 0.25) is 0 Å². The quantitative estimate of drug-likeness (QED) is 0.451. The van der Waals surface area contributed by atoms with Crippen molar-refractivity contribution in [1.29, 1.82) is 0 Å². The summed E-state index contributed by atoms with van der Waals surface area (Å²) in [7, 11) is 0. The Kier molecular flexibility index (Phi) is 2.17. The van der Waals surface area contributed by atoms with E-state index in [1.807, 2.05) is 0 Å². The first-order valence-electron chi connectivity index (χ1n) is 7.78. The van der Waals surface area contributed by atoms with E-state index < -0.39 is 0 Å². The van der Waals surface area contributed by atoms with Crippen molar-refractivity contribution in [2.24, 2.45) is 5.73 Å². The van der Waals surface area contributed by atoms with Gasteiger partial charge in [-0.05, 0) is 62.7 Å². The highest BCUT2D eigenvalue weighted by Crippen LogP contribution is 2.41. The van der Waals surface area contributed by atoms with Gasteiger partial charge in [-0.15, -0.1) is 0 Å². The van der Waals surface area contributed by atoms with Gasteiger partial charge in [0.15, 0.2) is 0 Å². The van der Waals surface area contributed by atoms with Crippen molar-refractivity contribution in [2.75, 3.05) is 0 Å². The van der Waals surface area contributed by atoms with Gasteiger partial charge in [0, 0.05) is 6.04 Å². The number of hydrogen-bond acceptors (Lipinski definition) is 1. The van der Waals surface area contributed by atoms with E-state index in [0.29, 0.717) is 0 Å². The van der Waals surface area contributed by atoms with E-state index in [-0.39, 0.29) is 6.04 Å². The zero-order chi connectivity index (χ0) is 14.0. The molecular weight excluding hydrogens is 254 g/mol. The fourth-order valence-electron chi connectivity index (χ4n) is 4.19. The van der Waals surface area contributed by atoms with Gasteiger partial charge in [0.25, 0.3) is 0 Å². The van der Waals surface area contributed by atoms with Crippen molar-refractivity contribution in [1.82, 2.24) is 0 Å². The van der Waals surface area contributed by atoms with Crippen LogP contribution in [-0.2, 0) is 6.42 Å². The summed E-state index contributed by atoms with van der Waals surface area (Å²) in [5.74, 6) is 0. The topological polar surface area (TPSA) is 26.0 Å². The molecule has 1 aliphatic carbocycles. The predicted octanol–water partition coefficient (Wildman–Crippen LogP) is 4.92. The standard InChI is InChI=1S/C20H17N/c21-17-6-2-5-14-11-15-8-7-12-3-1-4-13-9-10-16(19(14)17)20(15)18(12)13/h1,3-4,7-11,17H,2,5-6,21H2/t17-/m1/s1. The van der Waals surface area contributed by atoms with Crippen LogP contribution in [0.15, 0.2) is 48.5 Å². The summed E-state index contributed by atoms with van der Waals surface area (Å²) in [6.07, 6.45) is 3.48. The lowest BCUT2D eigenvalue weighted by atomic mass is 9.81. The Bertz CT molecular complexity index is 968. The highest BCUT2D eigenvalue weighted by molar-refractivity contribution is 6.23. The van der Waals surface area contributed by atoms with Crippen molar-refractivity contribution in [3.8, 4) is 0 Å². The zero-order valence-electron chi connectivity index (χ0n) is 11.9. The van der Waals surface area contributed by atoms with Crippen molar-refractivity contribution >= 4 is 32.3 Å². The third kappa shape index (κ3) is 1.44. The molecule has 0 saturated carbocycles. The zero-order valence-corrected chi connectivity index (χ0v) is 11.9. The smallest absolute Gasteiger partial charge is 0.0303 e. The fourth-order valence-corrected chi connectivity index (χ4v) is 4.19. The maximum Gasteiger partial charge on any atom is 0.0303 e. The van der Waals surface area contributed by atoms with Crippen LogP contribution in [0, 0.1) is 0 Å². The molecule has 1 atom stereocenters. The van der Waals surface area contributed by atoms with E-state index in [4.69, 9.17) is 5.73 Å². The van der Waals surface area contributed by atoms with Gasteiger partial charge < -0.3 is 5.73 Å². The molecule has 0 spiro atoms. The molecule has 21 heavy (non-hydrogen) atoms. The molecule has 102 valence electrons. The van der Waals surface area contributed by atoms with E-state index in [2.05, 4.69) is 48.5 Å². The van der Waals surface area contributed by atoms with Gasteiger partial charge in [0.1, 0.15) is 0 Å². The first-order chi connectivity index (χ1) is 10.3. The van der Waals surface area contributed by atoms with Crippen LogP contribution in [0.5, 0.6) is 0 Å². The summed E-state index contributed by atoms with van der Waals surface area (Å²) in [6, 6.07) is 18.2. The highest BCUT2D eigenvalue weighted by atomic mass is 14.6. The number of aryl methyl sites for hydroxylation is 1. The molecule has 4 aromatic rings. The summed E-state index contributed by atoms with van der Waals surface area (Å²) in [4.78, 5) is 0. The van der Waals surface area contributed by atoms with Crippen molar-refractivity contribution in [3.63, 3.8) is 0 Å². The fraction of sp³-hybridized carbons (Fsp3) is 0.200. The summed E-state index contributed by atoms with van der Waals surface area (Å²) >= 11 is 0. The lowest BCUT2D eigenvalue weighted by Gasteiger charge is -2.25. The van der Waals surface area contributed by atoms with Crippen LogP contribution in [0.3, 0.4) is 0 Å². The van der Waals surface area contributed by atoms with Crippen LogP contribution in [0.4, 0.5) is 0 Å². The minimum Gasteiger partial charge on any atom is -0.324 e. The monoisotopic (exact) mass is 271 g/mol. The Labute approximate surface area is 123 Å². The SMILES string of the molecule is N[C@@H]1CCCc2cc3ccc4cccc5ccc(c21)c3c45. The Morgan fingerprint density at radius 2 is 1.62 bits per heavy atom. The maximum absolute atomic E-state index is 6.44. The number of benzene rings is 4. The first kappa shape index (κ1) is 11.5. The Balaban J connectivity index is 2.08. The second kappa shape index (κ2) is 3.96. The van der Waals surface area contributed by atoms with Crippen molar-refractivity contribution in [2.45, 2.75) is 25.3 Å². The first-order valence-corrected chi connectivity index (χ1v) is 7.78. The molecule has 0 aromatic heterocycles. The molecule has 1 heteroatoms. The van der Waals surface area contributed by atoms with Gasteiger partial charge >= 0.3 is 0 Å². The Morgan fingerprint density at radius 1 is 0.857 bits per heavy atom. The molecule has 0 radical (unpaired) electrons. The molecule has 0 saturated heterocycles. The van der Waals surface area contributed by atoms with Gasteiger partial charge in [0.05, 0.1) is 0 Å². The van der Waals surface area contributed by atoms with Crippen LogP contribution in [0.25, 0.3) is 32.3 Å². The second-order valence-corrected chi connectivity index (χ2v) is 6.30. The molecule has 1 aliphatic rings. The lowest BCUT2D eigenvalue weighted by molar-refractivity contribution is 0.575. The molecule has 0 aliphatic heterocycles. The normalized spacial score (nSPS) is 18.6. The second-order valence-electron chi connectivity index (χ2n) is 6.30. The molecular formula is C20H17N. The van der Waals surface area contributed by atoms with Crippen LogP contribution in [0.1, 0.15) is 30.0 Å². The van der Waals surface area contributed by atoms with Crippen LogP contribution >= 0.6 is 0 Å². The van der Waals surface area contributed by atoms with Gasteiger partial charge in [-0.1, -0.05) is 48.5 Å². The van der Waals surface area contributed by atoms with Gasteiger partial charge in [-0.25, -0.2) is 0 Å². The number of fused-ring (bicyclic) bond motifs is 2. The Morgan fingerprint density at radius 3 is 2.48 bits per heavy atom. The third-order valence-corrected chi connectivity index (χ3v) is 5.11. The largest absolute Gasteiger partial charge is 0.324 e. The molecule has 1 nitrogen and oxygen atoms in total. The molecule has 0 heterocycles. The summed E-state index contributed by atoms with van der Waals surface area (Å²) in [5.41, 5.74) is 9.30. The molecule has 2 N–H and O–H groups in total. The van der Waals surface area contributed by atoms with Gasteiger partial charge in [-0.3, -0.25) is 0 Å². The van der Waals surface area contributed by atoms with Gasteiger partial charge in [0.2, 0.25) is 0 Å². The minimum absolute atomic E-state index is 0.193. The molecule has 5 rings (SSSR count). The van der Waals surface area contributed by atoms with E-state index in [9.17, 15) is 0 Å². The van der Waals surface area contributed by atoms with Gasteiger partial charge in [-0.2, -0.15) is 0 Å².